The van der Waals surface area contributed by atoms with Crippen molar-refractivity contribution >= 4 is 22.5 Å². The Morgan fingerprint density at radius 3 is 2.71 bits per heavy atom. The molecule has 178 valence electrons. The minimum atomic E-state index is -0.692. The number of carbonyl (C=O) groups excluding carboxylic acids is 1. The first-order valence-electron chi connectivity index (χ1n) is 11.2. The van der Waals surface area contributed by atoms with Crippen LogP contribution in [0.25, 0.3) is 32.8 Å². The van der Waals surface area contributed by atoms with Crippen LogP contribution in [0, 0.1) is 25.1 Å². The average molecular weight is 476 g/mol. The number of benzene rings is 2. The van der Waals surface area contributed by atoms with Gasteiger partial charge in [-0.25, -0.2) is 18.6 Å². The van der Waals surface area contributed by atoms with Crippen molar-refractivity contribution in [2.45, 2.75) is 19.4 Å². The van der Waals surface area contributed by atoms with Gasteiger partial charge in [0.25, 0.3) is 5.91 Å². The van der Waals surface area contributed by atoms with Crippen molar-refractivity contribution in [3.05, 3.63) is 71.0 Å². The van der Waals surface area contributed by atoms with E-state index in [0.29, 0.717) is 35.4 Å². The van der Waals surface area contributed by atoms with E-state index in [9.17, 15) is 13.6 Å². The molecule has 1 fully saturated rings. The minimum absolute atomic E-state index is 0.113. The Morgan fingerprint density at radius 2 is 2.03 bits per heavy atom. The highest BCUT2D eigenvalue weighted by atomic mass is 19.1. The number of hydrogen-bond donors (Lipinski definition) is 1. The molecule has 0 bridgehead atoms. The summed E-state index contributed by atoms with van der Waals surface area (Å²) in [7, 11) is 3.57. The molecule has 1 atom stereocenters. The Kier molecular flexibility index (Phi) is 5.57. The molecule has 3 heterocycles. The summed E-state index contributed by atoms with van der Waals surface area (Å²) in [6, 6.07) is 7.46. The normalized spacial score (nSPS) is 15.7. The third kappa shape index (κ3) is 3.84. The fourth-order valence-corrected chi connectivity index (χ4v) is 4.61. The molecule has 2 aromatic heterocycles. The maximum absolute atomic E-state index is 15.0. The number of halogens is 2. The van der Waals surface area contributed by atoms with E-state index in [4.69, 9.17) is 6.57 Å². The topological polar surface area (TPSA) is 72.3 Å². The van der Waals surface area contributed by atoms with E-state index in [1.54, 1.807) is 41.8 Å². The monoisotopic (exact) mass is 475 g/mol. The lowest BCUT2D eigenvalue weighted by Crippen LogP contribution is -2.34. The van der Waals surface area contributed by atoms with Crippen LogP contribution in [0.2, 0.25) is 0 Å². The second kappa shape index (κ2) is 8.60. The standard InChI is InChI=1S/C25H23F2N7O/c1-14-22(25(35)33-8-7-17(13-33)28-2)30-24(15-5-6-21(29-3)19(26)10-15)34(14)18-9-16-12-32(4)31-23(16)20(27)11-18/h5-6,9-12,17,28H,7-8,13H2,1-2,4H3/t17-/m0/s1. The molecule has 5 rings (SSSR count). The maximum atomic E-state index is 15.0. The van der Waals surface area contributed by atoms with Gasteiger partial charge >= 0.3 is 0 Å². The molecule has 1 aliphatic rings. The van der Waals surface area contributed by atoms with E-state index >= 15 is 0 Å². The number of nitrogens with one attached hydrogen (secondary N) is 1. The first kappa shape index (κ1) is 22.7. The van der Waals surface area contributed by atoms with Crippen molar-refractivity contribution in [1.82, 2.24) is 29.5 Å². The van der Waals surface area contributed by atoms with E-state index in [2.05, 4.69) is 20.2 Å². The average Bonchev–Trinajstić information content (AvgIpc) is 3.55. The zero-order valence-electron chi connectivity index (χ0n) is 19.5. The summed E-state index contributed by atoms with van der Waals surface area (Å²) in [6.45, 7) is 10.0. The number of nitrogens with zero attached hydrogens (tertiary/aromatic N) is 6. The molecule has 0 spiro atoms. The van der Waals surface area contributed by atoms with Gasteiger partial charge in [0.1, 0.15) is 22.9 Å². The number of amides is 1. The van der Waals surface area contributed by atoms with Gasteiger partial charge in [-0.2, -0.15) is 5.10 Å². The van der Waals surface area contributed by atoms with Gasteiger partial charge in [-0.05, 0) is 32.5 Å². The third-order valence-corrected chi connectivity index (χ3v) is 6.44. The van der Waals surface area contributed by atoms with Crippen molar-refractivity contribution in [3.8, 4) is 17.1 Å². The summed E-state index contributed by atoms with van der Waals surface area (Å²) in [4.78, 5) is 23.0. The molecule has 0 radical (unpaired) electrons. The van der Waals surface area contributed by atoms with Crippen molar-refractivity contribution in [1.29, 1.82) is 0 Å². The smallest absolute Gasteiger partial charge is 0.274 e. The second-order valence-electron chi connectivity index (χ2n) is 8.68. The SMILES string of the molecule is [C-]#[N+]c1ccc(-c2nc(C(=O)N3CC[C@H](NC)C3)c(C)n2-c2cc(F)c3nn(C)cc3c2)cc1F. The van der Waals surface area contributed by atoms with Crippen molar-refractivity contribution in [2.24, 2.45) is 7.05 Å². The second-order valence-corrected chi connectivity index (χ2v) is 8.68. The Labute approximate surface area is 200 Å². The number of carbonyl (C=O) groups is 1. The van der Waals surface area contributed by atoms with Crippen LogP contribution in [0.5, 0.6) is 0 Å². The van der Waals surface area contributed by atoms with Crippen LogP contribution in [-0.4, -0.2) is 56.3 Å². The van der Waals surface area contributed by atoms with Crippen LogP contribution in [0.3, 0.4) is 0 Å². The van der Waals surface area contributed by atoms with Crippen LogP contribution in [-0.2, 0) is 7.05 Å². The molecule has 1 saturated heterocycles. The van der Waals surface area contributed by atoms with Crippen LogP contribution >= 0.6 is 0 Å². The zero-order valence-corrected chi connectivity index (χ0v) is 19.5. The summed E-state index contributed by atoms with van der Waals surface area (Å²) < 4.78 is 32.7. The van der Waals surface area contributed by atoms with E-state index in [0.717, 1.165) is 6.42 Å². The molecule has 2 aromatic carbocycles. The number of imidazole rings is 1. The fourth-order valence-electron chi connectivity index (χ4n) is 4.61. The predicted molar refractivity (Wildman–Crippen MR) is 128 cm³/mol. The number of fused-ring (bicyclic) bond motifs is 1. The van der Waals surface area contributed by atoms with Gasteiger partial charge in [0.05, 0.1) is 18.0 Å². The number of aromatic nitrogens is 4. The number of likely N-dealkylation sites (tertiary alicyclic amines) is 1. The third-order valence-electron chi connectivity index (χ3n) is 6.44. The highest BCUT2D eigenvalue weighted by molar-refractivity contribution is 5.95. The molecule has 1 N–H and O–H groups in total. The van der Waals surface area contributed by atoms with E-state index in [1.165, 1.54) is 22.9 Å². The molecule has 1 aliphatic heterocycles. The van der Waals surface area contributed by atoms with Crippen LogP contribution in [0.15, 0.2) is 36.5 Å². The number of rotatable bonds is 4. The lowest BCUT2D eigenvalue weighted by Gasteiger charge is -2.16. The van der Waals surface area contributed by atoms with Gasteiger partial charge in [-0.3, -0.25) is 14.0 Å². The molecule has 0 aliphatic carbocycles. The van der Waals surface area contributed by atoms with E-state index in [-0.39, 0.29) is 34.7 Å². The number of aryl methyl sites for hydroxylation is 1. The van der Waals surface area contributed by atoms with Crippen LogP contribution in [0.4, 0.5) is 14.5 Å². The van der Waals surface area contributed by atoms with Crippen LogP contribution in [0.1, 0.15) is 22.6 Å². The van der Waals surface area contributed by atoms with Gasteiger partial charge in [0.2, 0.25) is 5.69 Å². The Hall–Kier alpha value is -4.10. The van der Waals surface area contributed by atoms with E-state index < -0.39 is 11.6 Å². The molecule has 0 saturated carbocycles. The highest BCUT2D eigenvalue weighted by Gasteiger charge is 2.30. The largest absolute Gasteiger partial charge is 0.336 e. The van der Waals surface area contributed by atoms with Gasteiger partial charge in [0, 0.05) is 49.4 Å². The van der Waals surface area contributed by atoms with Gasteiger partial charge < -0.3 is 10.2 Å². The van der Waals surface area contributed by atoms with Gasteiger partial charge in [-0.1, -0.05) is 12.1 Å². The first-order valence-corrected chi connectivity index (χ1v) is 11.2. The molecule has 4 aromatic rings. The van der Waals surface area contributed by atoms with Crippen molar-refractivity contribution < 1.29 is 13.6 Å². The molecule has 0 unspecified atom stereocenters. The first-order chi connectivity index (χ1) is 16.8. The molecular formula is C25H23F2N7O. The molecule has 35 heavy (non-hydrogen) atoms. The highest BCUT2D eigenvalue weighted by Crippen LogP contribution is 2.32. The van der Waals surface area contributed by atoms with Gasteiger partial charge in [0.15, 0.2) is 5.82 Å². The number of hydrogen-bond acceptors (Lipinski definition) is 4. The van der Waals surface area contributed by atoms with E-state index in [1.807, 2.05) is 7.05 Å². The molecular weight excluding hydrogens is 452 g/mol. The van der Waals surface area contributed by atoms with Gasteiger partial charge in [-0.15, -0.1) is 0 Å². The minimum Gasteiger partial charge on any atom is -0.336 e. The lowest BCUT2D eigenvalue weighted by atomic mass is 10.1. The number of likely N-dealkylation sites (N-methyl/N-ethyl adjacent to an activating group) is 1. The summed E-state index contributed by atoms with van der Waals surface area (Å²) in [6.07, 6.45) is 2.54. The van der Waals surface area contributed by atoms with Crippen molar-refractivity contribution in [3.63, 3.8) is 0 Å². The zero-order chi connectivity index (χ0) is 24.9. The summed E-state index contributed by atoms with van der Waals surface area (Å²) in [5, 5.41) is 7.93. The molecule has 8 nitrogen and oxygen atoms in total. The Morgan fingerprint density at radius 1 is 1.23 bits per heavy atom. The summed E-state index contributed by atoms with van der Waals surface area (Å²) in [5.74, 6) is -1.16. The van der Waals surface area contributed by atoms with Crippen LogP contribution < -0.4 is 5.32 Å². The molecule has 1 amide bonds. The molecule has 10 heteroatoms. The Balaban J connectivity index is 1.70. The summed E-state index contributed by atoms with van der Waals surface area (Å²) in [5.41, 5.74) is 1.66. The quantitative estimate of drug-likeness (QED) is 0.453. The maximum Gasteiger partial charge on any atom is 0.274 e. The lowest BCUT2D eigenvalue weighted by molar-refractivity contribution is 0.0783. The predicted octanol–water partition coefficient (Wildman–Crippen LogP) is 4.00. The fraction of sp³-hybridized carbons (Fsp3) is 0.280. The summed E-state index contributed by atoms with van der Waals surface area (Å²) >= 11 is 0. The van der Waals surface area contributed by atoms with Crippen molar-refractivity contribution in [2.75, 3.05) is 20.1 Å². The Bertz CT molecular complexity index is 1510.